The molecule has 9 heteroatoms. The molecule has 37 heavy (non-hydrogen) atoms. The number of ether oxygens (including phenoxy) is 2. The molecule has 1 aromatic heterocycles. The Balaban J connectivity index is 1.97. The van der Waals surface area contributed by atoms with Gasteiger partial charge in [0.15, 0.2) is 0 Å². The third-order valence-corrected chi connectivity index (χ3v) is 6.66. The molecular formula is C28H40N4O5. The Hall–Kier alpha value is -3.01. The second-order valence-corrected chi connectivity index (χ2v) is 9.76. The van der Waals surface area contributed by atoms with E-state index >= 15 is 0 Å². The van der Waals surface area contributed by atoms with Gasteiger partial charge in [-0.2, -0.15) is 0 Å². The molecule has 0 unspecified atom stereocenters. The van der Waals surface area contributed by atoms with Crippen molar-refractivity contribution in [3.05, 3.63) is 53.9 Å². The van der Waals surface area contributed by atoms with Gasteiger partial charge in [0.2, 0.25) is 0 Å². The molecule has 0 saturated heterocycles. The Bertz CT molecular complexity index is 1020. The summed E-state index contributed by atoms with van der Waals surface area (Å²) in [5, 5.41) is 16.0. The SMILES string of the molecule is CNC[C@@H]1OCCCC[C@H](C)Oc2ccc(NC(=O)c3ccncc3)cc2C(=O)N([C@H](C)CO)C[C@@H]1C. The Labute approximate surface area is 219 Å². The average Bonchev–Trinajstić information content (AvgIpc) is 2.90. The molecule has 2 amide bonds. The number of pyridine rings is 1. The normalized spacial score (nSPS) is 22.4. The lowest BCUT2D eigenvalue weighted by atomic mass is 10.0. The number of likely N-dealkylation sites (N-methyl/N-ethyl adjacent to an activating group) is 1. The molecule has 2 heterocycles. The van der Waals surface area contributed by atoms with Crippen LogP contribution in [0.1, 0.15) is 60.7 Å². The minimum atomic E-state index is -0.418. The van der Waals surface area contributed by atoms with Gasteiger partial charge in [0, 0.05) is 49.3 Å². The smallest absolute Gasteiger partial charge is 0.258 e. The summed E-state index contributed by atoms with van der Waals surface area (Å²) in [6.07, 6.45) is 5.60. The van der Waals surface area contributed by atoms with E-state index in [2.05, 4.69) is 22.5 Å². The molecule has 3 N–H and O–H groups in total. The lowest BCUT2D eigenvalue weighted by Gasteiger charge is -2.34. The second kappa shape index (κ2) is 14.1. The Kier molecular flexibility index (Phi) is 10.9. The number of fused-ring (bicyclic) bond motifs is 1. The van der Waals surface area contributed by atoms with Crippen LogP contribution in [0.25, 0.3) is 0 Å². The van der Waals surface area contributed by atoms with E-state index < -0.39 is 6.04 Å². The zero-order valence-electron chi connectivity index (χ0n) is 22.3. The predicted octanol–water partition coefficient (Wildman–Crippen LogP) is 3.35. The molecule has 0 radical (unpaired) electrons. The van der Waals surface area contributed by atoms with Gasteiger partial charge in [0.25, 0.3) is 11.8 Å². The highest BCUT2D eigenvalue weighted by Crippen LogP contribution is 2.28. The van der Waals surface area contributed by atoms with Crippen molar-refractivity contribution in [3.63, 3.8) is 0 Å². The molecule has 3 rings (SSSR count). The summed E-state index contributed by atoms with van der Waals surface area (Å²) in [6, 6.07) is 7.95. The number of aliphatic hydroxyl groups excluding tert-OH is 1. The topological polar surface area (TPSA) is 113 Å². The fourth-order valence-electron chi connectivity index (χ4n) is 4.40. The maximum atomic E-state index is 14.0. The average molecular weight is 513 g/mol. The minimum Gasteiger partial charge on any atom is -0.490 e. The first kappa shape index (κ1) is 28.6. The lowest BCUT2D eigenvalue weighted by molar-refractivity contribution is -0.000452. The number of benzene rings is 1. The number of amides is 2. The zero-order valence-corrected chi connectivity index (χ0v) is 22.3. The van der Waals surface area contributed by atoms with Gasteiger partial charge in [-0.1, -0.05) is 6.92 Å². The summed E-state index contributed by atoms with van der Waals surface area (Å²) in [4.78, 5) is 32.3. The number of aliphatic hydroxyl groups is 1. The third kappa shape index (κ3) is 7.99. The molecule has 0 aliphatic carbocycles. The molecule has 202 valence electrons. The molecular weight excluding hydrogens is 472 g/mol. The van der Waals surface area contributed by atoms with E-state index in [9.17, 15) is 14.7 Å². The Morgan fingerprint density at radius 3 is 2.68 bits per heavy atom. The van der Waals surface area contributed by atoms with Crippen LogP contribution in [0.3, 0.4) is 0 Å². The van der Waals surface area contributed by atoms with Crippen LogP contribution in [0.5, 0.6) is 5.75 Å². The highest BCUT2D eigenvalue weighted by Gasteiger charge is 2.29. The van der Waals surface area contributed by atoms with Crippen molar-refractivity contribution in [3.8, 4) is 5.75 Å². The molecule has 2 aromatic rings. The van der Waals surface area contributed by atoms with Crippen LogP contribution in [-0.2, 0) is 4.74 Å². The van der Waals surface area contributed by atoms with Crippen LogP contribution < -0.4 is 15.4 Å². The molecule has 1 aliphatic heterocycles. The first-order chi connectivity index (χ1) is 17.8. The number of carbonyl (C=O) groups excluding carboxylic acids is 2. The van der Waals surface area contributed by atoms with Gasteiger partial charge in [0.05, 0.1) is 30.4 Å². The van der Waals surface area contributed by atoms with Gasteiger partial charge in [-0.15, -0.1) is 0 Å². The van der Waals surface area contributed by atoms with Gasteiger partial charge in [0.1, 0.15) is 5.75 Å². The Morgan fingerprint density at radius 2 is 1.97 bits per heavy atom. The monoisotopic (exact) mass is 512 g/mol. The van der Waals surface area contributed by atoms with Crippen molar-refractivity contribution in [1.29, 1.82) is 0 Å². The van der Waals surface area contributed by atoms with Gasteiger partial charge in [-0.3, -0.25) is 14.6 Å². The number of rotatable bonds is 6. The maximum absolute atomic E-state index is 14.0. The van der Waals surface area contributed by atoms with Gasteiger partial charge >= 0.3 is 0 Å². The first-order valence-electron chi connectivity index (χ1n) is 13.0. The quantitative estimate of drug-likeness (QED) is 0.544. The van der Waals surface area contributed by atoms with Crippen LogP contribution in [0.15, 0.2) is 42.7 Å². The van der Waals surface area contributed by atoms with Crippen molar-refractivity contribution in [2.24, 2.45) is 5.92 Å². The molecule has 0 bridgehead atoms. The summed E-state index contributed by atoms with van der Waals surface area (Å²) in [7, 11) is 1.89. The van der Waals surface area contributed by atoms with Gasteiger partial charge in [-0.25, -0.2) is 0 Å². The highest BCUT2D eigenvalue weighted by atomic mass is 16.5. The number of nitrogens with zero attached hydrogens (tertiary/aromatic N) is 2. The molecule has 4 atom stereocenters. The van der Waals surface area contributed by atoms with E-state index in [1.165, 1.54) is 0 Å². The van der Waals surface area contributed by atoms with E-state index in [0.29, 0.717) is 42.3 Å². The van der Waals surface area contributed by atoms with Crippen molar-refractivity contribution < 1.29 is 24.2 Å². The Morgan fingerprint density at radius 1 is 1.22 bits per heavy atom. The van der Waals surface area contributed by atoms with Crippen molar-refractivity contribution in [1.82, 2.24) is 15.2 Å². The molecule has 0 fully saturated rings. The van der Waals surface area contributed by atoms with Crippen LogP contribution >= 0.6 is 0 Å². The van der Waals surface area contributed by atoms with Crippen molar-refractivity contribution in [2.75, 3.05) is 38.7 Å². The van der Waals surface area contributed by atoms with E-state index in [4.69, 9.17) is 9.47 Å². The second-order valence-electron chi connectivity index (χ2n) is 9.76. The number of hydrogen-bond acceptors (Lipinski definition) is 7. The van der Waals surface area contributed by atoms with Crippen LogP contribution in [0, 0.1) is 5.92 Å². The molecule has 1 aliphatic rings. The van der Waals surface area contributed by atoms with Gasteiger partial charge < -0.3 is 30.1 Å². The van der Waals surface area contributed by atoms with E-state index in [0.717, 1.165) is 19.3 Å². The zero-order chi connectivity index (χ0) is 26.8. The first-order valence-corrected chi connectivity index (χ1v) is 13.0. The van der Waals surface area contributed by atoms with E-state index in [1.807, 2.05) is 20.9 Å². The van der Waals surface area contributed by atoms with E-state index in [-0.39, 0.29) is 36.5 Å². The highest BCUT2D eigenvalue weighted by molar-refractivity contribution is 6.05. The van der Waals surface area contributed by atoms with E-state index in [1.54, 1.807) is 47.6 Å². The number of anilines is 1. The van der Waals surface area contributed by atoms with Crippen LogP contribution in [0.2, 0.25) is 0 Å². The van der Waals surface area contributed by atoms with Crippen LogP contribution in [0.4, 0.5) is 5.69 Å². The number of aromatic nitrogens is 1. The molecule has 0 saturated carbocycles. The maximum Gasteiger partial charge on any atom is 0.258 e. The lowest BCUT2D eigenvalue weighted by Crippen LogP contribution is -2.47. The standard InChI is InChI=1S/C28H40N4O5/c1-19-17-32(20(2)18-33)28(35)24-15-23(31-27(34)22-10-12-30-13-11-22)8-9-25(24)37-21(3)7-5-6-14-36-26(19)16-29-4/h8-13,15,19-21,26,29,33H,5-7,14,16-18H2,1-4H3,(H,31,34)/t19-,20+,21-,26-/m0/s1. The molecule has 1 aromatic carbocycles. The predicted molar refractivity (Wildman–Crippen MR) is 143 cm³/mol. The van der Waals surface area contributed by atoms with Crippen molar-refractivity contribution >= 4 is 17.5 Å². The number of carbonyl (C=O) groups is 2. The largest absolute Gasteiger partial charge is 0.490 e. The summed E-state index contributed by atoms with van der Waals surface area (Å²) in [5.74, 6) is -0.0874. The fraction of sp³-hybridized carbons (Fsp3) is 0.536. The summed E-state index contributed by atoms with van der Waals surface area (Å²) < 4.78 is 12.4. The molecule has 0 spiro atoms. The summed E-state index contributed by atoms with van der Waals surface area (Å²) in [6.45, 7) is 7.39. The van der Waals surface area contributed by atoms with Crippen LogP contribution in [-0.4, -0.2) is 78.4 Å². The summed E-state index contributed by atoms with van der Waals surface area (Å²) in [5.41, 5.74) is 1.29. The van der Waals surface area contributed by atoms with Gasteiger partial charge in [-0.05, 0) is 70.5 Å². The number of hydrogen-bond donors (Lipinski definition) is 3. The third-order valence-electron chi connectivity index (χ3n) is 6.66. The fourth-order valence-corrected chi connectivity index (χ4v) is 4.40. The van der Waals surface area contributed by atoms with Crippen molar-refractivity contribution in [2.45, 2.75) is 58.3 Å². The minimum absolute atomic E-state index is 0.0196. The summed E-state index contributed by atoms with van der Waals surface area (Å²) >= 11 is 0. The number of nitrogens with one attached hydrogen (secondary N) is 2. The molecule has 9 nitrogen and oxygen atoms in total.